The molecule has 0 aromatic heterocycles. The van der Waals surface area contributed by atoms with Crippen LogP contribution in [-0.4, -0.2) is 22.7 Å². The van der Waals surface area contributed by atoms with E-state index in [1.165, 1.54) is 12.1 Å². The van der Waals surface area contributed by atoms with Crippen molar-refractivity contribution in [2.75, 3.05) is 11.9 Å². The normalized spacial score (nSPS) is 23.6. The summed E-state index contributed by atoms with van der Waals surface area (Å²) in [7, 11) is 0. The summed E-state index contributed by atoms with van der Waals surface area (Å²) >= 11 is 0. The Morgan fingerprint density at radius 3 is 2.88 bits per heavy atom. The smallest absolute Gasteiger partial charge is 0.271 e. The molecule has 5 nitrogen and oxygen atoms in total. The predicted octanol–water partition coefficient (Wildman–Crippen LogP) is 1.78. The number of anilines is 1. The molecule has 5 heteroatoms. The van der Waals surface area contributed by atoms with E-state index >= 15 is 0 Å². The van der Waals surface area contributed by atoms with E-state index in [9.17, 15) is 10.1 Å². The summed E-state index contributed by atoms with van der Waals surface area (Å²) in [4.78, 5) is 10.1. The average molecular weight is 222 g/mol. The molecule has 16 heavy (non-hydrogen) atoms. The molecule has 0 radical (unpaired) electrons. The molecule has 2 rings (SSSR count). The van der Waals surface area contributed by atoms with Crippen molar-refractivity contribution in [2.24, 2.45) is 5.92 Å². The lowest BCUT2D eigenvalue weighted by Gasteiger charge is -2.31. The second-order valence-corrected chi connectivity index (χ2v) is 4.18. The second-order valence-electron chi connectivity index (χ2n) is 4.18. The maximum absolute atomic E-state index is 10.5. The number of hydrogen-bond donors (Lipinski definition) is 2. The number of rotatable bonds is 4. The van der Waals surface area contributed by atoms with Crippen molar-refractivity contribution in [1.29, 1.82) is 0 Å². The molecule has 0 bridgehead atoms. The SMILES string of the molecule is O=[N+]([O-])c1cccc(NCC2CC(O)C2)c1. The third kappa shape index (κ3) is 2.49. The summed E-state index contributed by atoms with van der Waals surface area (Å²) in [6.45, 7) is 0.762. The summed E-state index contributed by atoms with van der Waals surface area (Å²) in [5, 5.41) is 22.8. The highest BCUT2D eigenvalue weighted by Crippen LogP contribution is 2.27. The van der Waals surface area contributed by atoms with Crippen LogP contribution in [0.25, 0.3) is 0 Å². The lowest BCUT2D eigenvalue weighted by molar-refractivity contribution is -0.384. The average Bonchev–Trinajstić information content (AvgIpc) is 2.23. The molecule has 0 heterocycles. The Hall–Kier alpha value is -1.62. The van der Waals surface area contributed by atoms with Crippen LogP contribution in [-0.2, 0) is 0 Å². The fourth-order valence-corrected chi connectivity index (χ4v) is 1.86. The summed E-state index contributed by atoms with van der Waals surface area (Å²) < 4.78 is 0. The Bertz CT molecular complexity index is 389. The van der Waals surface area contributed by atoms with Crippen LogP contribution in [0.5, 0.6) is 0 Å². The van der Waals surface area contributed by atoms with E-state index in [0.717, 1.165) is 25.1 Å². The number of non-ortho nitro benzene ring substituents is 1. The first-order valence-electron chi connectivity index (χ1n) is 5.31. The molecular formula is C11H14N2O3. The van der Waals surface area contributed by atoms with Gasteiger partial charge in [0.25, 0.3) is 5.69 Å². The molecule has 0 atom stereocenters. The number of benzene rings is 1. The van der Waals surface area contributed by atoms with Crippen molar-refractivity contribution in [3.05, 3.63) is 34.4 Å². The zero-order chi connectivity index (χ0) is 11.5. The molecule has 2 N–H and O–H groups in total. The number of nitro groups is 1. The molecule has 1 aromatic carbocycles. The molecular weight excluding hydrogens is 208 g/mol. The number of nitrogens with zero attached hydrogens (tertiary/aromatic N) is 1. The largest absolute Gasteiger partial charge is 0.393 e. The van der Waals surface area contributed by atoms with Crippen LogP contribution in [0.15, 0.2) is 24.3 Å². The van der Waals surface area contributed by atoms with E-state index in [2.05, 4.69) is 5.32 Å². The zero-order valence-electron chi connectivity index (χ0n) is 8.80. The molecule has 0 amide bonds. The van der Waals surface area contributed by atoms with Crippen LogP contribution in [0.2, 0.25) is 0 Å². The van der Waals surface area contributed by atoms with Crippen LogP contribution >= 0.6 is 0 Å². The van der Waals surface area contributed by atoms with Crippen molar-refractivity contribution in [3.63, 3.8) is 0 Å². The van der Waals surface area contributed by atoms with Crippen molar-refractivity contribution in [1.82, 2.24) is 0 Å². The molecule has 0 spiro atoms. The van der Waals surface area contributed by atoms with Crippen molar-refractivity contribution in [2.45, 2.75) is 18.9 Å². The van der Waals surface area contributed by atoms with Gasteiger partial charge in [0, 0.05) is 24.4 Å². The third-order valence-corrected chi connectivity index (χ3v) is 2.86. The highest BCUT2D eigenvalue weighted by atomic mass is 16.6. The van der Waals surface area contributed by atoms with Gasteiger partial charge in [-0.25, -0.2) is 0 Å². The van der Waals surface area contributed by atoms with Crippen LogP contribution in [0.4, 0.5) is 11.4 Å². The van der Waals surface area contributed by atoms with E-state index in [1.54, 1.807) is 6.07 Å². The van der Waals surface area contributed by atoms with Crippen molar-refractivity contribution >= 4 is 11.4 Å². The minimum Gasteiger partial charge on any atom is -0.393 e. The molecule has 86 valence electrons. The standard InChI is InChI=1S/C11H14N2O3/c14-11-4-8(5-11)7-12-9-2-1-3-10(6-9)13(15)16/h1-3,6,8,11-12,14H,4-5,7H2. The molecule has 0 aliphatic heterocycles. The van der Waals surface area contributed by atoms with Gasteiger partial charge >= 0.3 is 0 Å². The van der Waals surface area contributed by atoms with Crippen LogP contribution in [0, 0.1) is 16.0 Å². The summed E-state index contributed by atoms with van der Waals surface area (Å²) in [6, 6.07) is 6.46. The van der Waals surface area contributed by atoms with Gasteiger partial charge in [-0.1, -0.05) is 6.07 Å². The Morgan fingerprint density at radius 2 is 2.25 bits per heavy atom. The molecule has 1 fully saturated rings. The number of aliphatic hydroxyl groups excluding tert-OH is 1. The summed E-state index contributed by atoms with van der Waals surface area (Å²) in [6.07, 6.45) is 1.49. The van der Waals surface area contributed by atoms with Gasteiger partial charge < -0.3 is 10.4 Å². The Kier molecular flexibility index (Phi) is 3.05. The van der Waals surface area contributed by atoms with E-state index in [4.69, 9.17) is 5.11 Å². The Balaban J connectivity index is 1.89. The van der Waals surface area contributed by atoms with Gasteiger partial charge in [0.05, 0.1) is 11.0 Å². The quantitative estimate of drug-likeness (QED) is 0.601. The second kappa shape index (κ2) is 4.49. The highest BCUT2D eigenvalue weighted by Gasteiger charge is 2.26. The van der Waals surface area contributed by atoms with Crippen LogP contribution < -0.4 is 5.32 Å². The predicted molar refractivity (Wildman–Crippen MR) is 60.3 cm³/mol. The first kappa shape index (κ1) is 10.9. The van der Waals surface area contributed by atoms with Gasteiger partial charge in [0.2, 0.25) is 0 Å². The number of hydrogen-bond acceptors (Lipinski definition) is 4. The summed E-state index contributed by atoms with van der Waals surface area (Å²) in [5.74, 6) is 0.481. The van der Waals surface area contributed by atoms with Gasteiger partial charge in [0.1, 0.15) is 0 Å². The number of nitrogens with one attached hydrogen (secondary N) is 1. The minimum atomic E-state index is -0.404. The van der Waals surface area contributed by atoms with Crippen molar-refractivity contribution in [3.8, 4) is 0 Å². The Labute approximate surface area is 93.2 Å². The molecule has 0 unspecified atom stereocenters. The van der Waals surface area contributed by atoms with E-state index in [-0.39, 0.29) is 11.8 Å². The van der Waals surface area contributed by atoms with E-state index < -0.39 is 4.92 Å². The van der Waals surface area contributed by atoms with Gasteiger partial charge in [-0.2, -0.15) is 0 Å². The lowest BCUT2D eigenvalue weighted by Crippen LogP contribution is -2.33. The molecule has 1 aliphatic rings. The third-order valence-electron chi connectivity index (χ3n) is 2.86. The van der Waals surface area contributed by atoms with E-state index in [1.807, 2.05) is 6.07 Å². The van der Waals surface area contributed by atoms with Gasteiger partial charge in [0.15, 0.2) is 0 Å². The number of aliphatic hydroxyl groups is 1. The molecule has 1 aromatic rings. The maximum atomic E-state index is 10.5. The van der Waals surface area contributed by atoms with Crippen LogP contribution in [0.1, 0.15) is 12.8 Å². The Morgan fingerprint density at radius 1 is 1.50 bits per heavy atom. The van der Waals surface area contributed by atoms with Crippen LogP contribution in [0.3, 0.4) is 0 Å². The fourth-order valence-electron chi connectivity index (χ4n) is 1.86. The summed E-state index contributed by atoms with van der Waals surface area (Å²) in [5.41, 5.74) is 0.856. The van der Waals surface area contributed by atoms with E-state index in [0.29, 0.717) is 5.92 Å². The maximum Gasteiger partial charge on any atom is 0.271 e. The zero-order valence-corrected chi connectivity index (χ0v) is 8.80. The lowest BCUT2D eigenvalue weighted by atomic mass is 9.82. The molecule has 1 saturated carbocycles. The number of nitro benzene ring substituents is 1. The topological polar surface area (TPSA) is 75.4 Å². The van der Waals surface area contributed by atoms with Crippen molar-refractivity contribution < 1.29 is 10.0 Å². The molecule has 1 aliphatic carbocycles. The highest BCUT2D eigenvalue weighted by molar-refractivity contribution is 5.50. The first-order chi connectivity index (χ1) is 7.65. The molecule has 0 saturated heterocycles. The minimum absolute atomic E-state index is 0.0960. The van der Waals surface area contributed by atoms with Gasteiger partial charge in [-0.15, -0.1) is 0 Å². The fraction of sp³-hybridized carbons (Fsp3) is 0.455. The monoisotopic (exact) mass is 222 g/mol. The van der Waals surface area contributed by atoms with Gasteiger partial charge in [-0.3, -0.25) is 10.1 Å². The van der Waals surface area contributed by atoms with Gasteiger partial charge in [-0.05, 0) is 24.8 Å². The first-order valence-corrected chi connectivity index (χ1v) is 5.31.